The highest BCUT2D eigenvalue weighted by atomic mass is 79.9. The van der Waals surface area contributed by atoms with E-state index in [1.807, 2.05) is 24.3 Å². The zero-order chi connectivity index (χ0) is 14.0. The molecule has 0 aliphatic carbocycles. The first kappa shape index (κ1) is 14.0. The van der Waals surface area contributed by atoms with Gasteiger partial charge in [-0.1, -0.05) is 34.1 Å². The number of sulfonamides is 1. The molecule has 2 aromatic rings. The van der Waals surface area contributed by atoms with Crippen molar-refractivity contribution in [3.8, 4) is 0 Å². The topological polar surface area (TPSA) is 101 Å². The van der Waals surface area contributed by atoms with E-state index in [1.165, 1.54) is 6.20 Å². The van der Waals surface area contributed by atoms with E-state index in [1.54, 1.807) is 6.92 Å². The Hall–Kier alpha value is -1.38. The van der Waals surface area contributed by atoms with Crippen molar-refractivity contribution in [2.75, 3.05) is 5.73 Å². The van der Waals surface area contributed by atoms with Crippen molar-refractivity contribution in [2.45, 2.75) is 17.9 Å². The lowest BCUT2D eigenvalue weighted by Gasteiger charge is -2.15. The minimum absolute atomic E-state index is 0.0202. The third-order valence-electron chi connectivity index (χ3n) is 2.63. The van der Waals surface area contributed by atoms with Crippen molar-refractivity contribution >= 4 is 31.8 Å². The largest absolute Gasteiger partial charge is 0.383 e. The Kier molecular flexibility index (Phi) is 3.93. The fourth-order valence-corrected chi connectivity index (χ4v) is 3.56. The Bertz CT molecular complexity index is 684. The summed E-state index contributed by atoms with van der Waals surface area (Å²) in [6.07, 6.45) is 1.18. The van der Waals surface area contributed by atoms with Crippen molar-refractivity contribution < 1.29 is 8.42 Å². The van der Waals surface area contributed by atoms with E-state index in [0.29, 0.717) is 0 Å². The summed E-state index contributed by atoms with van der Waals surface area (Å²) in [7, 11) is -3.70. The molecular formula is C11H13BrN4O2S. The van der Waals surface area contributed by atoms with Crippen LogP contribution in [0.15, 0.2) is 39.8 Å². The quantitative estimate of drug-likeness (QED) is 0.786. The van der Waals surface area contributed by atoms with Gasteiger partial charge in [-0.2, -0.15) is 5.10 Å². The maximum atomic E-state index is 12.1. The molecule has 1 heterocycles. The van der Waals surface area contributed by atoms with Crippen LogP contribution in [0.5, 0.6) is 0 Å². The van der Waals surface area contributed by atoms with Crippen LogP contribution in [-0.2, 0) is 10.0 Å². The summed E-state index contributed by atoms with van der Waals surface area (Å²) in [5.41, 5.74) is 6.37. The summed E-state index contributed by atoms with van der Waals surface area (Å²) < 4.78 is 27.7. The van der Waals surface area contributed by atoms with Crippen LogP contribution >= 0.6 is 15.9 Å². The molecule has 0 spiro atoms. The number of nitrogens with one attached hydrogen (secondary N) is 2. The van der Waals surface area contributed by atoms with Gasteiger partial charge in [0.25, 0.3) is 0 Å². The molecule has 0 saturated heterocycles. The van der Waals surface area contributed by atoms with Gasteiger partial charge in [0.15, 0.2) is 0 Å². The number of hydrogen-bond acceptors (Lipinski definition) is 4. The van der Waals surface area contributed by atoms with Crippen LogP contribution in [0, 0.1) is 0 Å². The number of benzene rings is 1. The summed E-state index contributed by atoms with van der Waals surface area (Å²) in [5, 5.41) is 6.01. The molecule has 1 atom stereocenters. The monoisotopic (exact) mass is 344 g/mol. The van der Waals surface area contributed by atoms with Crippen molar-refractivity contribution in [2.24, 2.45) is 0 Å². The maximum Gasteiger partial charge on any atom is 0.246 e. The van der Waals surface area contributed by atoms with Crippen LogP contribution in [0.4, 0.5) is 5.82 Å². The molecule has 8 heteroatoms. The molecule has 4 N–H and O–H groups in total. The summed E-state index contributed by atoms with van der Waals surface area (Å²) in [5.74, 6) is 0.0202. The number of hydrogen-bond donors (Lipinski definition) is 3. The first-order valence-electron chi connectivity index (χ1n) is 5.47. The predicted molar refractivity (Wildman–Crippen MR) is 75.9 cm³/mol. The predicted octanol–water partition coefficient (Wildman–Crippen LogP) is 1.79. The number of nitrogen functional groups attached to an aromatic ring is 1. The maximum absolute atomic E-state index is 12.1. The van der Waals surface area contributed by atoms with Crippen molar-refractivity contribution in [1.29, 1.82) is 0 Å². The van der Waals surface area contributed by atoms with Crippen LogP contribution in [0.2, 0.25) is 0 Å². The highest BCUT2D eigenvalue weighted by molar-refractivity contribution is 9.10. The fraction of sp³-hybridized carbons (Fsp3) is 0.182. The van der Waals surface area contributed by atoms with Gasteiger partial charge in [0.2, 0.25) is 10.0 Å². The van der Waals surface area contributed by atoms with Crippen molar-refractivity contribution in [3.63, 3.8) is 0 Å². The summed E-state index contributed by atoms with van der Waals surface area (Å²) in [4.78, 5) is -0.0496. The second kappa shape index (κ2) is 5.32. The van der Waals surface area contributed by atoms with Crippen LogP contribution in [0.25, 0.3) is 0 Å². The first-order valence-corrected chi connectivity index (χ1v) is 7.75. The SMILES string of the molecule is CC(NS(=O)(=O)c1cn[nH]c1N)c1ccccc1Br. The molecule has 1 unspecified atom stereocenters. The Morgan fingerprint density at radius 3 is 2.68 bits per heavy atom. The zero-order valence-electron chi connectivity index (χ0n) is 10.1. The average molecular weight is 345 g/mol. The third kappa shape index (κ3) is 2.96. The van der Waals surface area contributed by atoms with Gasteiger partial charge in [-0.3, -0.25) is 5.10 Å². The Morgan fingerprint density at radius 1 is 1.42 bits per heavy atom. The highest BCUT2D eigenvalue weighted by Gasteiger charge is 2.23. The molecule has 0 aliphatic rings. The van der Waals surface area contributed by atoms with Crippen molar-refractivity contribution in [3.05, 3.63) is 40.5 Å². The number of halogens is 1. The van der Waals surface area contributed by atoms with Gasteiger partial charge in [-0.15, -0.1) is 0 Å². The lowest BCUT2D eigenvalue weighted by Crippen LogP contribution is -2.27. The van der Waals surface area contributed by atoms with E-state index in [2.05, 4.69) is 30.8 Å². The van der Waals surface area contributed by atoms with E-state index >= 15 is 0 Å². The van der Waals surface area contributed by atoms with E-state index in [0.717, 1.165) is 10.0 Å². The lowest BCUT2D eigenvalue weighted by atomic mass is 10.1. The van der Waals surface area contributed by atoms with Gasteiger partial charge in [-0.05, 0) is 18.6 Å². The number of H-pyrrole nitrogens is 1. The van der Waals surface area contributed by atoms with Gasteiger partial charge in [0.1, 0.15) is 10.7 Å². The van der Waals surface area contributed by atoms with Gasteiger partial charge in [0.05, 0.1) is 6.20 Å². The van der Waals surface area contributed by atoms with Gasteiger partial charge in [0, 0.05) is 10.5 Å². The molecule has 0 aliphatic heterocycles. The van der Waals surface area contributed by atoms with Crippen molar-refractivity contribution in [1.82, 2.24) is 14.9 Å². The number of anilines is 1. The number of rotatable bonds is 4. The fourth-order valence-electron chi connectivity index (χ4n) is 1.69. The first-order chi connectivity index (χ1) is 8.92. The van der Waals surface area contributed by atoms with Gasteiger partial charge in [-0.25, -0.2) is 13.1 Å². The lowest BCUT2D eigenvalue weighted by molar-refractivity contribution is 0.567. The second-order valence-electron chi connectivity index (χ2n) is 4.01. The van der Waals surface area contributed by atoms with Crippen LogP contribution in [0.1, 0.15) is 18.5 Å². The minimum Gasteiger partial charge on any atom is -0.383 e. The Labute approximate surface area is 119 Å². The Morgan fingerprint density at radius 2 is 2.11 bits per heavy atom. The van der Waals surface area contributed by atoms with E-state index in [9.17, 15) is 8.42 Å². The molecule has 0 fully saturated rings. The highest BCUT2D eigenvalue weighted by Crippen LogP contribution is 2.25. The molecule has 1 aromatic carbocycles. The number of nitrogens with zero attached hydrogens (tertiary/aromatic N) is 1. The molecular weight excluding hydrogens is 332 g/mol. The standard InChI is InChI=1S/C11H13BrN4O2S/c1-7(8-4-2-3-5-9(8)12)16-19(17,18)10-6-14-15-11(10)13/h2-7,16H,1H3,(H3,13,14,15). The summed E-state index contributed by atoms with van der Waals surface area (Å²) in [6.45, 7) is 1.76. The van der Waals surface area contributed by atoms with Crippen LogP contribution in [-0.4, -0.2) is 18.6 Å². The summed E-state index contributed by atoms with van der Waals surface area (Å²) in [6, 6.07) is 7.01. The van der Waals surface area contributed by atoms with E-state index in [-0.39, 0.29) is 10.7 Å². The van der Waals surface area contributed by atoms with E-state index in [4.69, 9.17) is 5.73 Å². The average Bonchev–Trinajstić information content (AvgIpc) is 2.76. The summed E-state index contributed by atoms with van der Waals surface area (Å²) >= 11 is 3.39. The number of aromatic amines is 1. The molecule has 6 nitrogen and oxygen atoms in total. The van der Waals surface area contributed by atoms with Gasteiger partial charge < -0.3 is 5.73 Å². The molecule has 0 amide bonds. The van der Waals surface area contributed by atoms with Gasteiger partial charge >= 0.3 is 0 Å². The smallest absolute Gasteiger partial charge is 0.246 e. The second-order valence-corrected chi connectivity index (χ2v) is 6.55. The minimum atomic E-state index is -3.70. The number of nitrogens with two attached hydrogens (primary N) is 1. The number of aromatic nitrogens is 2. The molecule has 0 saturated carbocycles. The third-order valence-corrected chi connectivity index (χ3v) is 4.92. The molecule has 2 rings (SSSR count). The van der Waals surface area contributed by atoms with Crippen LogP contribution in [0.3, 0.4) is 0 Å². The molecule has 102 valence electrons. The molecule has 1 aromatic heterocycles. The van der Waals surface area contributed by atoms with Crippen LogP contribution < -0.4 is 10.5 Å². The molecule has 0 radical (unpaired) electrons. The molecule has 19 heavy (non-hydrogen) atoms. The molecule has 0 bridgehead atoms. The zero-order valence-corrected chi connectivity index (χ0v) is 12.5. The van der Waals surface area contributed by atoms with E-state index < -0.39 is 16.1 Å². The Balaban J connectivity index is 2.27. The normalized spacial score (nSPS) is 13.4.